The van der Waals surface area contributed by atoms with Crippen molar-refractivity contribution in [3.63, 3.8) is 0 Å². The predicted molar refractivity (Wildman–Crippen MR) is 151 cm³/mol. The van der Waals surface area contributed by atoms with Crippen molar-refractivity contribution in [2.45, 2.75) is 26.5 Å². The van der Waals surface area contributed by atoms with Gasteiger partial charge in [-0.2, -0.15) is 10.1 Å². The third-order valence-electron chi connectivity index (χ3n) is 6.52. The minimum absolute atomic E-state index is 0.318. The quantitative estimate of drug-likeness (QED) is 0.282. The first-order valence-electron chi connectivity index (χ1n) is 12.9. The van der Waals surface area contributed by atoms with Gasteiger partial charge < -0.3 is 29.6 Å². The number of nitrogens with zero attached hydrogens (tertiary/aromatic N) is 3. The number of methoxy groups -OCH3 is 2. The van der Waals surface area contributed by atoms with Gasteiger partial charge in [0.15, 0.2) is 11.5 Å². The summed E-state index contributed by atoms with van der Waals surface area (Å²) >= 11 is 0. The van der Waals surface area contributed by atoms with Gasteiger partial charge in [-0.1, -0.05) is 36.4 Å². The monoisotopic (exact) mass is 541 g/mol. The number of amides is 1. The van der Waals surface area contributed by atoms with Crippen LogP contribution in [-0.4, -0.2) is 41.5 Å². The fourth-order valence-corrected chi connectivity index (χ4v) is 4.60. The van der Waals surface area contributed by atoms with Crippen LogP contribution in [0.2, 0.25) is 0 Å². The van der Waals surface area contributed by atoms with Gasteiger partial charge in [0.1, 0.15) is 30.5 Å². The zero-order valence-corrected chi connectivity index (χ0v) is 22.8. The molecule has 1 aliphatic heterocycles. The molecule has 0 fully saturated rings. The molecule has 1 amide bonds. The second kappa shape index (κ2) is 11.8. The number of carbonyl (C=O) groups excluding carboxylic acids is 1. The van der Waals surface area contributed by atoms with Gasteiger partial charge in [0.05, 0.1) is 32.1 Å². The van der Waals surface area contributed by atoms with E-state index in [1.807, 2.05) is 62.4 Å². The molecule has 40 heavy (non-hydrogen) atoms. The number of hydrogen-bond donors (Lipinski definition) is 2. The van der Waals surface area contributed by atoms with Gasteiger partial charge in [-0.15, -0.1) is 0 Å². The number of benzene rings is 3. The Morgan fingerprint density at radius 2 is 1.80 bits per heavy atom. The van der Waals surface area contributed by atoms with Gasteiger partial charge in [0.2, 0.25) is 5.95 Å². The Morgan fingerprint density at radius 3 is 2.55 bits per heavy atom. The first kappa shape index (κ1) is 26.6. The van der Waals surface area contributed by atoms with Gasteiger partial charge in [-0.05, 0) is 49.2 Å². The van der Waals surface area contributed by atoms with E-state index in [9.17, 15) is 4.79 Å². The van der Waals surface area contributed by atoms with Gasteiger partial charge in [0, 0.05) is 11.8 Å². The Kier molecular flexibility index (Phi) is 7.86. The lowest BCUT2D eigenvalue weighted by atomic mass is 9.94. The fourth-order valence-electron chi connectivity index (χ4n) is 4.60. The molecular formula is C30H31N5O5. The number of fused-ring (bicyclic) bond motifs is 1. The van der Waals surface area contributed by atoms with Crippen LogP contribution >= 0.6 is 0 Å². The van der Waals surface area contributed by atoms with E-state index >= 15 is 0 Å². The molecule has 0 bridgehead atoms. The maximum Gasteiger partial charge on any atom is 0.255 e. The van der Waals surface area contributed by atoms with Crippen molar-refractivity contribution in [2.24, 2.45) is 0 Å². The molecule has 1 unspecified atom stereocenters. The molecule has 10 heteroatoms. The zero-order chi connectivity index (χ0) is 28.1. The van der Waals surface area contributed by atoms with E-state index in [4.69, 9.17) is 18.9 Å². The summed E-state index contributed by atoms with van der Waals surface area (Å²) in [5.41, 5.74) is 3.46. The number of aromatic nitrogens is 3. The van der Waals surface area contributed by atoms with Crippen molar-refractivity contribution in [3.8, 4) is 23.0 Å². The van der Waals surface area contributed by atoms with Crippen molar-refractivity contribution in [1.82, 2.24) is 14.8 Å². The second-order valence-electron chi connectivity index (χ2n) is 9.03. The van der Waals surface area contributed by atoms with E-state index in [1.54, 1.807) is 30.0 Å². The standard InChI is InChI=1S/C30H31N5O5/c1-5-39-26-15-21(11-14-24(26)40-17-20-9-7-6-8-10-20)28-27(19(2)33-30-31-18-32-35(28)30)29(36)34-23-13-12-22(37-3)16-25(23)38-4/h6-16,18,28H,5,17H2,1-4H3,(H,34,36)(H,31,32,33). The molecule has 2 N–H and O–H groups in total. The lowest BCUT2D eigenvalue weighted by Crippen LogP contribution is -2.31. The highest BCUT2D eigenvalue weighted by molar-refractivity contribution is 6.06. The predicted octanol–water partition coefficient (Wildman–Crippen LogP) is 5.20. The summed E-state index contributed by atoms with van der Waals surface area (Å²) in [6, 6.07) is 20.2. The smallest absolute Gasteiger partial charge is 0.255 e. The molecule has 2 heterocycles. The van der Waals surface area contributed by atoms with Gasteiger partial charge in [-0.3, -0.25) is 4.79 Å². The number of nitrogens with one attached hydrogen (secondary N) is 2. The summed E-state index contributed by atoms with van der Waals surface area (Å²) in [4.78, 5) is 18.2. The highest BCUT2D eigenvalue weighted by Crippen LogP contribution is 2.40. The molecule has 0 saturated heterocycles. The van der Waals surface area contributed by atoms with Crippen LogP contribution in [0.15, 0.2) is 84.3 Å². The average Bonchev–Trinajstić information content (AvgIpc) is 3.44. The largest absolute Gasteiger partial charge is 0.497 e. The molecular weight excluding hydrogens is 510 g/mol. The van der Waals surface area contributed by atoms with Crippen LogP contribution in [0.25, 0.3) is 0 Å². The van der Waals surface area contributed by atoms with E-state index in [0.29, 0.717) is 59.1 Å². The molecule has 0 spiro atoms. The van der Waals surface area contributed by atoms with Crippen molar-refractivity contribution in [2.75, 3.05) is 31.5 Å². The number of ether oxygens (including phenoxy) is 4. The minimum Gasteiger partial charge on any atom is -0.497 e. The SMILES string of the molecule is CCOc1cc(C2C(C(=O)Nc3ccc(OC)cc3OC)=C(C)Nc3ncnn32)ccc1OCc1ccccc1. The van der Waals surface area contributed by atoms with Crippen LogP contribution in [0.5, 0.6) is 23.0 Å². The molecule has 10 nitrogen and oxygen atoms in total. The van der Waals surface area contributed by atoms with Crippen LogP contribution in [0.4, 0.5) is 11.6 Å². The Bertz CT molecular complexity index is 1530. The van der Waals surface area contributed by atoms with Crippen molar-refractivity contribution < 1.29 is 23.7 Å². The van der Waals surface area contributed by atoms with Crippen LogP contribution in [-0.2, 0) is 11.4 Å². The molecule has 0 saturated carbocycles. The summed E-state index contributed by atoms with van der Waals surface area (Å²) in [5.74, 6) is 2.49. The Labute approximate surface area is 232 Å². The van der Waals surface area contributed by atoms with Crippen LogP contribution in [0, 0.1) is 0 Å². The van der Waals surface area contributed by atoms with E-state index in [-0.39, 0.29) is 5.91 Å². The zero-order valence-electron chi connectivity index (χ0n) is 22.8. The number of anilines is 2. The summed E-state index contributed by atoms with van der Waals surface area (Å²) < 4.78 is 24.5. The molecule has 1 aromatic heterocycles. The third-order valence-corrected chi connectivity index (χ3v) is 6.52. The molecule has 4 aromatic rings. The number of carbonyl (C=O) groups is 1. The lowest BCUT2D eigenvalue weighted by Gasteiger charge is -2.29. The number of hydrogen-bond acceptors (Lipinski definition) is 8. The van der Waals surface area contributed by atoms with Crippen LogP contribution < -0.4 is 29.6 Å². The number of rotatable bonds is 10. The normalized spacial score (nSPS) is 14.2. The molecule has 206 valence electrons. The second-order valence-corrected chi connectivity index (χ2v) is 9.03. The van der Waals surface area contributed by atoms with Gasteiger partial charge in [0.25, 0.3) is 5.91 Å². The highest BCUT2D eigenvalue weighted by Gasteiger charge is 2.34. The first-order valence-corrected chi connectivity index (χ1v) is 12.9. The summed E-state index contributed by atoms with van der Waals surface area (Å²) in [6.45, 7) is 4.60. The molecule has 0 aliphatic carbocycles. The van der Waals surface area contributed by atoms with Gasteiger partial charge >= 0.3 is 0 Å². The molecule has 0 radical (unpaired) electrons. The summed E-state index contributed by atoms with van der Waals surface area (Å²) in [6.07, 6.45) is 1.46. The van der Waals surface area contributed by atoms with E-state index in [1.165, 1.54) is 13.4 Å². The van der Waals surface area contributed by atoms with Crippen LogP contribution in [0.3, 0.4) is 0 Å². The van der Waals surface area contributed by atoms with Crippen LogP contribution in [0.1, 0.15) is 31.0 Å². The Morgan fingerprint density at radius 1 is 0.975 bits per heavy atom. The number of allylic oxidation sites excluding steroid dienone is 1. The average molecular weight is 542 g/mol. The molecule has 3 aromatic carbocycles. The minimum atomic E-state index is -0.578. The summed E-state index contributed by atoms with van der Waals surface area (Å²) in [5, 5.41) is 10.6. The third kappa shape index (κ3) is 5.42. The maximum atomic E-state index is 13.8. The Hall–Kier alpha value is -4.99. The van der Waals surface area contributed by atoms with E-state index in [0.717, 1.165) is 11.1 Å². The molecule has 1 atom stereocenters. The van der Waals surface area contributed by atoms with E-state index in [2.05, 4.69) is 20.7 Å². The van der Waals surface area contributed by atoms with E-state index < -0.39 is 6.04 Å². The first-order chi connectivity index (χ1) is 19.5. The fraction of sp³-hybridized carbons (Fsp3) is 0.233. The molecule has 1 aliphatic rings. The summed E-state index contributed by atoms with van der Waals surface area (Å²) in [7, 11) is 3.11. The lowest BCUT2D eigenvalue weighted by molar-refractivity contribution is -0.113. The van der Waals surface area contributed by atoms with Crippen molar-refractivity contribution in [1.29, 1.82) is 0 Å². The molecule has 5 rings (SSSR count). The Balaban J connectivity index is 1.49. The van der Waals surface area contributed by atoms with Crippen molar-refractivity contribution >= 4 is 17.5 Å². The topological polar surface area (TPSA) is 109 Å². The van der Waals surface area contributed by atoms with Crippen molar-refractivity contribution in [3.05, 3.63) is 95.5 Å². The maximum absolute atomic E-state index is 13.8. The highest BCUT2D eigenvalue weighted by atomic mass is 16.5. The van der Waals surface area contributed by atoms with Gasteiger partial charge in [-0.25, -0.2) is 4.68 Å².